The third-order valence-electron chi connectivity index (χ3n) is 2.22. The maximum Gasteiger partial charge on any atom is 0.549 e. The van der Waals surface area contributed by atoms with Gasteiger partial charge >= 0.3 is 8.03 Å². The molecule has 1 atom stereocenters. The molecule has 1 unspecified atom stereocenters. The van der Waals surface area contributed by atoms with E-state index in [1.54, 1.807) is 6.07 Å². The van der Waals surface area contributed by atoms with Gasteiger partial charge in [-0.2, -0.15) is 0 Å². The first-order valence-corrected chi connectivity index (χ1v) is 6.62. The van der Waals surface area contributed by atoms with E-state index >= 15 is 0 Å². The van der Waals surface area contributed by atoms with Gasteiger partial charge < -0.3 is 4.48 Å². The molecule has 7 heteroatoms. The van der Waals surface area contributed by atoms with E-state index in [9.17, 15) is 14.7 Å². The highest BCUT2D eigenvalue weighted by Crippen LogP contribution is 2.23. The first-order valence-electron chi connectivity index (χ1n) is 5.45. The lowest BCUT2D eigenvalue weighted by molar-refractivity contribution is -0.870. The molecule has 0 N–H and O–H groups in total. The molecule has 1 aromatic rings. The van der Waals surface area contributed by atoms with Crippen molar-refractivity contribution >= 4 is 19.0 Å². The summed E-state index contributed by atoms with van der Waals surface area (Å²) < 4.78 is 17.7. The van der Waals surface area contributed by atoms with Crippen molar-refractivity contribution in [3.63, 3.8) is 0 Å². The summed E-state index contributed by atoms with van der Waals surface area (Å²) in [5, 5.41) is 10.9. The molecular weight excluding hydrogens is 255 g/mol. The number of rotatable bonds is 6. The smallest absolute Gasteiger partial charge is 0.329 e. The van der Waals surface area contributed by atoms with Gasteiger partial charge in [-0.05, 0) is 10.6 Å². The van der Waals surface area contributed by atoms with Crippen molar-refractivity contribution in [3.8, 4) is 0 Å². The van der Waals surface area contributed by atoms with Crippen LogP contribution < -0.4 is 5.30 Å². The molecule has 0 spiro atoms. The van der Waals surface area contributed by atoms with Crippen molar-refractivity contribution in [2.24, 2.45) is 0 Å². The van der Waals surface area contributed by atoms with Gasteiger partial charge in [0.05, 0.1) is 32.1 Å². The van der Waals surface area contributed by atoms with Gasteiger partial charge in [0.15, 0.2) is 6.61 Å². The van der Waals surface area contributed by atoms with E-state index in [1.165, 1.54) is 18.2 Å². The van der Waals surface area contributed by atoms with Crippen molar-refractivity contribution in [2.45, 2.75) is 0 Å². The predicted octanol–water partition coefficient (Wildman–Crippen LogP) is 1.69. The van der Waals surface area contributed by atoms with Gasteiger partial charge in [0.2, 0.25) is 5.30 Å². The molecule has 98 valence electrons. The number of nitro groups is 1. The molecule has 6 nitrogen and oxygen atoms in total. The van der Waals surface area contributed by atoms with Crippen LogP contribution in [-0.4, -0.2) is 43.7 Å². The molecular formula is C11H17N2O4P+2. The molecule has 0 aliphatic rings. The Balaban J connectivity index is 2.62. The lowest BCUT2D eigenvalue weighted by Crippen LogP contribution is -2.37. The fourth-order valence-corrected chi connectivity index (χ4v) is 2.03. The van der Waals surface area contributed by atoms with Crippen molar-refractivity contribution in [2.75, 3.05) is 34.3 Å². The summed E-state index contributed by atoms with van der Waals surface area (Å²) in [6.07, 6.45) is 0. The Kier molecular flexibility index (Phi) is 4.90. The molecule has 0 aliphatic carbocycles. The number of benzene rings is 1. The minimum atomic E-state index is -2.03. The Morgan fingerprint density at radius 1 is 1.39 bits per heavy atom. The highest BCUT2D eigenvalue weighted by Gasteiger charge is 2.25. The zero-order chi connectivity index (χ0) is 13.8. The van der Waals surface area contributed by atoms with Crippen LogP contribution in [0.2, 0.25) is 0 Å². The molecule has 0 aromatic heterocycles. The van der Waals surface area contributed by atoms with Crippen LogP contribution in [0, 0.1) is 10.1 Å². The predicted molar refractivity (Wildman–Crippen MR) is 69.2 cm³/mol. The monoisotopic (exact) mass is 272 g/mol. The second-order valence-electron chi connectivity index (χ2n) is 4.88. The van der Waals surface area contributed by atoms with Crippen LogP contribution >= 0.6 is 8.03 Å². The Morgan fingerprint density at radius 3 is 2.61 bits per heavy atom. The summed E-state index contributed by atoms with van der Waals surface area (Å²) in [6, 6.07) is 5.71. The van der Waals surface area contributed by atoms with Crippen LogP contribution in [0.25, 0.3) is 0 Å². The normalized spacial score (nSPS) is 12.3. The van der Waals surface area contributed by atoms with Gasteiger partial charge in [-0.15, -0.1) is 4.52 Å². The maximum atomic E-state index is 11.8. The van der Waals surface area contributed by atoms with E-state index in [2.05, 4.69) is 0 Å². The Morgan fingerprint density at radius 2 is 2.06 bits per heavy atom. The van der Waals surface area contributed by atoms with Crippen molar-refractivity contribution < 1.29 is 18.5 Å². The van der Waals surface area contributed by atoms with Gasteiger partial charge in [0, 0.05) is 6.07 Å². The number of likely N-dealkylation sites (N-methyl/N-ethyl adjacent to an activating group) is 1. The topological polar surface area (TPSA) is 69.4 Å². The average Bonchev–Trinajstić information content (AvgIpc) is 2.27. The van der Waals surface area contributed by atoms with Gasteiger partial charge in [0.25, 0.3) is 5.69 Å². The summed E-state index contributed by atoms with van der Waals surface area (Å²) in [5.74, 6) is 0. The van der Waals surface area contributed by atoms with Crippen LogP contribution in [0.5, 0.6) is 0 Å². The number of nitro benzene ring substituents is 1. The Hall–Kier alpha value is -1.36. The average molecular weight is 272 g/mol. The minimum Gasteiger partial charge on any atom is -0.329 e. The van der Waals surface area contributed by atoms with Gasteiger partial charge in [0.1, 0.15) is 6.54 Å². The van der Waals surface area contributed by atoms with Gasteiger partial charge in [-0.25, -0.2) is 0 Å². The standard InChI is InChI=1S/C11H17N2O4P/c1-13(2,3)7-8-17-18(16)11-6-4-5-10(9-11)12(14)15/h4-6,9H,7-8H2,1-3H3/q+2. The quantitative estimate of drug-likeness (QED) is 0.342. The third-order valence-corrected chi connectivity index (χ3v) is 3.34. The summed E-state index contributed by atoms with van der Waals surface area (Å²) in [7, 11) is 3.98. The van der Waals surface area contributed by atoms with Crippen molar-refractivity contribution in [1.82, 2.24) is 0 Å². The van der Waals surface area contributed by atoms with E-state index in [0.29, 0.717) is 16.4 Å². The lowest BCUT2D eigenvalue weighted by Gasteiger charge is -2.21. The zero-order valence-corrected chi connectivity index (χ0v) is 11.6. The zero-order valence-electron chi connectivity index (χ0n) is 10.7. The summed E-state index contributed by atoms with van der Waals surface area (Å²) >= 11 is 0. The van der Waals surface area contributed by atoms with Crippen molar-refractivity contribution in [3.05, 3.63) is 34.4 Å². The molecule has 18 heavy (non-hydrogen) atoms. The van der Waals surface area contributed by atoms with Crippen molar-refractivity contribution in [1.29, 1.82) is 0 Å². The van der Waals surface area contributed by atoms with Crippen LogP contribution in [0.4, 0.5) is 5.69 Å². The molecule has 0 saturated heterocycles. The number of hydrogen-bond donors (Lipinski definition) is 0. The van der Waals surface area contributed by atoms with Crippen LogP contribution in [0.1, 0.15) is 0 Å². The van der Waals surface area contributed by atoms with E-state index in [0.717, 1.165) is 6.54 Å². The fraction of sp³-hybridized carbons (Fsp3) is 0.455. The van der Waals surface area contributed by atoms with E-state index < -0.39 is 13.0 Å². The van der Waals surface area contributed by atoms with Crippen LogP contribution in [0.15, 0.2) is 24.3 Å². The lowest BCUT2D eigenvalue weighted by atomic mass is 10.3. The molecule has 0 bridgehead atoms. The number of nitrogens with zero attached hydrogens (tertiary/aromatic N) is 2. The minimum absolute atomic E-state index is 0.0777. The van der Waals surface area contributed by atoms with Gasteiger partial charge in [-0.1, -0.05) is 6.07 Å². The summed E-state index contributed by atoms with van der Waals surface area (Å²) in [6.45, 7) is 1.07. The SMILES string of the molecule is C[N+](C)(C)CCO[P+](=O)c1cccc([N+](=O)[O-])c1. The third kappa shape index (κ3) is 4.87. The first kappa shape index (κ1) is 14.7. The summed E-state index contributed by atoms with van der Waals surface area (Å²) in [5.41, 5.74) is -0.0777. The highest BCUT2D eigenvalue weighted by atomic mass is 31.1. The number of hydrogen-bond acceptors (Lipinski definition) is 4. The molecule has 0 saturated carbocycles. The molecule has 1 aromatic carbocycles. The molecule has 1 rings (SSSR count). The number of non-ortho nitro benzene ring substituents is 1. The highest BCUT2D eigenvalue weighted by molar-refractivity contribution is 7.48. The van der Waals surface area contributed by atoms with Crippen LogP contribution in [0.3, 0.4) is 0 Å². The second-order valence-corrected chi connectivity index (χ2v) is 6.17. The van der Waals surface area contributed by atoms with E-state index in [4.69, 9.17) is 4.52 Å². The largest absolute Gasteiger partial charge is 0.549 e. The number of quaternary nitrogens is 1. The van der Waals surface area contributed by atoms with Gasteiger partial charge in [-0.3, -0.25) is 10.1 Å². The first-order chi connectivity index (χ1) is 8.29. The molecule has 0 fully saturated rings. The Labute approximate surface area is 107 Å². The molecule has 0 amide bonds. The van der Waals surface area contributed by atoms with E-state index in [-0.39, 0.29) is 5.69 Å². The summed E-state index contributed by atoms with van der Waals surface area (Å²) in [4.78, 5) is 10.1. The molecule has 0 radical (unpaired) electrons. The van der Waals surface area contributed by atoms with E-state index in [1.807, 2.05) is 21.1 Å². The fourth-order valence-electron chi connectivity index (χ4n) is 1.19. The Bertz CT molecular complexity index is 457. The molecule has 0 heterocycles. The maximum absolute atomic E-state index is 11.8. The van der Waals surface area contributed by atoms with Crippen LogP contribution in [-0.2, 0) is 9.09 Å². The second kappa shape index (κ2) is 6.00. The molecule has 0 aliphatic heterocycles.